The number of benzene rings is 1. The predicted molar refractivity (Wildman–Crippen MR) is 106 cm³/mol. The van der Waals surface area contributed by atoms with E-state index in [0.717, 1.165) is 10.6 Å². The van der Waals surface area contributed by atoms with Crippen molar-refractivity contribution >= 4 is 33.1 Å². The number of nitrogens with one attached hydrogen (secondary N) is 2. The van der Waals surface area contributed by atoms with Crippen LogP contribution < -0.4 is 5.32 Å². The topological polar surface area (TPSA) is 95.2 Å². The van der Waals surface area contributed by atoms with E-state index in [9.17, 15) is 13.2 Å². The van der Waals surface area contributed by atoms with Gasteiger partial charge in [0.1, 0.15) is 0 Å². The number of rotatable bonds is 7. The zero-order valence-electron chi connectivity index (χ0n) is 15.0. The van der Waals surface area contributed by atoms with Crippen molar-refractivity contribution in [2.45, 2.75) is 18.7 Å². The van der Waals surface area contributed by atoms with Gasteiger partial charge in [0.2, 0.25) is 10.0 Å². The Morgan fingerprint density at radius 2 is 1.89 bits per heavy atom. The van der Waals surface area contributed by atoms with Crippen molar-refractivity contribution < 1.29 is 13.2 Å². The Balaban J connectivity index is 1.73. The van der Waals surface area contributed by atoms with Gasteiger partial charge >= 0.3 is 0 Å². The van der Waals surface area contributed by atoms with Crippen molar-refractivity contribution in [3.05, 3.63) is 53.4 Å². The first-order valence-corrected chi connectivity index (χ1v) is 10.8. The molecule has 3 rings (SSSR count). The van der Waals surface area contributed by atoms with Crippen LogP contribution in [0.4, 0.5) is 5.82 Å². The number of hydrogen-bond donors (Lipinski definition) is 2. The fourth-order valence-electron chi connectivity index (χ4n) is 2.62. The lowest BCUT2D eigenvalue weighted by Gasteiger charge is -2.18. The summed E-state index contributed by atoms with van der Waals surface area (Å²) < 4.78 is 26.4. The minimum atomic E-state index is -3.54. The molecule has 0 aliphatic heterocycles. The molecule has 0 saturated heterocycles. The van der Waals surface area contributed by atoms with Gasteiger partial charge in [0.15, 0.2) is 5.82 Å². The quantitative estimate of drug-likeness (QED) is 0.631. The summed E-state index contributed by atoms with van der Waals surface area (Å²) in [5, 5.41) is 11.6. The number of aromatic nitrogens is 2. The highest BCUT2D eigenvalue weighted by atomic mass is 32.2. The molecule has 2 heterocycles. The second-order valence-electron chi connectivity index (χ2n) is 5.71. The summed E-state index contributed by atoms with van der Waals surface area (Å²) in [4.78, 5) is 13.6. The van der Waals surface area contributed by atoms with E-state index in [1.165, 1.54) is 28.6 Å². The normalized spacial score (nSPS) is 11.7. The van der Waals surface area contributed by atoms with E-state index in [0.29, 0.717) is 24.5 Å². The molecule has 0 aliphatic carbocycles. The molecule has 2 aromatic heterocycles. The Kier molecular flexibility index (Phi) is 5.73. The van der Waals surface area contributed by atoms with Crippen molar-refractivity contribution in [2.24, 2.45) is 0 Å². The monoisotopic (exact) mass is 404 g/mol. The Bertz CT molecular complexity index is 1010. The minimum absolute atomic E-state index is 0.169. The highest BCUT2D eigenvalue weighted by molar-refractivity contribution is 7.89. The van der Waals surface area contributed by atoms with Crippen molar-refractivity contribution in [3.63, 3.8) is 0 Å². The van der Waals surface area contributed by atoms with Gasteiger partial charge in [-0.25, -0.2) is 8.42 Å². The number of hydrogen-bond acceptors (Lipinski definition) is 5. The predicted octanol–water partition coefficient (Wildman–Crippen LogP) is 3.42. The molecule has 0 radical (unpaired) electrons. The van der Waals surface area contributed by atoms with Crippen LogP contribution in [0.1, 0.15) is 24.2 Å². The SMILES string of the molecule is CCN(CC)S(=O)(=O)c1ccc(C(=O)Nc2cc(-c3cccs3)[nH]n2)cc1. The molecular weight excluding hydrogens is 384 g/mol. The second-order valence-corrected chi connectivity index (χ2v) is 8.60. The lowest BCUT2D eigenvalue weighted by atomic mass is 10.2. The van der Waals surface area contributed by atoms with Crippen LogP contribution in [0.2, 0.25) is 0 Å². The molecule has 0 atom stereocenters. The van der Waals surface area contributed by atoms with Gasteiger partial charge in [0.25, 0.3) is 5.91 Å². The molecule has 7 nitrogen and oxygen atoms in total. The highest BCUT2D eigenvalue weighted by Crippen LogP contribution is 2.24. The van der Waals surface area contributed by atoms with Crippen LogP contribution in [-0.4, -0.2) is 41.9 Å². The summed E-state index contributed by atoms with van der Waals surface area (Å²) in [5.74, 6) is 0.0502. The van der Waals surface area contributed by atoms with E-state index in [2.05, 4.69) is 15.5 Å². The summed E-state index contributed by atoms with van der Waals surface area (Å²) >= 11 is 1.57. The Hall–Kier alpha value is -2.49. The standard InChI is InChI=1S/C18H20N4O3S2/c1-3-22(4-2)27(24,25)14-9-7-13(8-10-14)18(23)19-17-12-15(20-21-17)16-6-5-11-26-16/h5-12H,3-4H2,1-2H3,(H2,19,20,21,23). The maximum atomic E-state index is 12.5. The number of anilines is 1. The molecule has 2 N–H and O–H groups in total. The molecule has 9 heteroatoms. The van der Waals surface area contributed by atoms with E-state index < -0.39 is 10.0 Å². The highest BCUT2D eigenvalue weighted by Gasteiger charge is 2.21. The third-order valence-electron chi connectivity index (χ3n) is 4.07. The van der Waals surface area contributed by atoms with Gasteiger partial charge in [-0.3, -0.25) is 9.89 Å². The number of amides is 1. The molecule has 1 aromatic carbocycles. The van der Waals surface area contributed by atoms with Crippen LogP contribution in [0.15, 0.2) is 52.7 Å². The molecule has 0 aliphatic rings. The van der Waals surface area contributed by atoms with Crippen molar-refractivity contribution in [2.75, 3.05) is 18.4 Å². The number of nitrogens with zero attached hydrogens (tertiary/aromatic N) is 2. The summed E-state index contributed by atoms with van der Waals surface area (Å²) in [6.07, 6.45) is 0. The molecule has 0 fully saturated rings. The smallest absolute Gasteiger partial charge is 0.256 e. The average Bonchev–Trinajstić information content (AvgIpc) is 3.34. The first-order valence-electron chi connectivity index (χ1n) is 8.46. The molecular formula is C18H20N4O3S2. The summed E-state index contributed by atoms with van der Waals surface area (Å²) in [5.41, 5.74) is 1.18. The maximum absolute atomic E-state index is 12.5. The first-order chi connectivity index (χ1) is 13.0. The van der Waals surface area contributed by atoms with Gasteiger partial charge in [-0.05, 0) is 35.7 Å². The molecule has 0 saturated carbocycles. The fraction of sp³-hybridized carbons (Fsp3) is 0.222. The van der Waals surface area contributed by atoms with Gasteiger partial charge in [0.05, 0.1) is 15.5 Å². The van der Waals surface area contributed by atoms with Crippen LogP contribution in [0, 0.1) is 0 Å². The van der Waals surface area contributed by atoms with Gasteiger partial charge in [-0.2, -0.15) is 9.40 Å². The minimum Gasteiger partial charge on any atom is -0.305 e. The van der Waals surface area contributed by atoms with E-state index in [4.69, 9.17) is 0 Å². The zero-order chi connectivity index (χ0) is 19.4. The Labute approximate surface area is 162 Å². The number of thiophene rings is 1. The van der Waals surface area contributed by atoms with Gasteiger partial charge in [0, 0.05) is 24.7 Å². The number of aromatic amines is 1. The van der Waals surface area contributed by atoms with E-state index >= 15 is 0 Å². The number of H-pyrrole nitrogens is 1. The summed E-state index contributed by atoms with van der Waals surface area (Å²) in [6, 6.07) is 11.5. The van der Waals surface area contributed by atoms with Crippen LogP contribution in [-0.2, 0) is 10.0 Å². The van der Waals surface area contributed by atoms with Crippen LogP contribution in [0.25, 0.3) is 10.6 Å². The maximum Gasteiger partial charge on any atom is 0.256 e. The third-order valence-corrected chi connectivity index (χ3v) is 7.03. The van der Waals surface area contributed by atoms with E-state index in [1.807, 2.05) is 17.5 Å². The fourth-order valence-corrected chi connectivity index (χ4v) is 4.77. The van der Waals surface area contributed by atoms with Crippen LogP contribution in [0.5, 0.6) is 0 Å². The van der Waals surface area contributed by atoms with Crippen molar-refractivity contribution in [3.8, 4) is 10.6 Å². The largest absolute Gasteiger partial charge is 0.305 e. The Morgan fingerprint density at radius 3 is 2.48 bits per heavy atom. The number of sulfonamides is 1. The number of carbonyl (C=O) groups excluding carboxylic acids is 1. The molecule has 0 unspecified atom stereocenters. The second kappa shape index (κ2) is 8.03. The van der Waals surface area contributed by atoms with Gasteiger partial charge < -0.3 is 5.32 Å². The molecule has 1 amide bonds. The van der Waals surface area contributed by atoms with Gasteiger partial charge in [-0.1, -0.05) is 19.9 Å². The molecule has 142 valence electrons. The molecule has 3 aromatic rings. The average molecular weight is 405 g/mol. The van der Waals surface area contributed by atoms with Crippen LogP contribution >= 0.6 is 11.3 Å². The Morgan fingerprint density at radius 1 is 1.19 bits per heavy atom. The lowest BCUT2D eigenvalue weighted by Crippen LogP contribution is -2.30. The van der Waals surface area contributed by atoms with Crippen LogP contribution in [0.3, 0.4) is 0 Å². The van der Waals surface area contributed by atoms with E-state index in [-0.39, 0.29) is 10.8 Å². The van der Waals surface area contributed by atoms with Gasteiger partial charge in [-0.15, -0.1) is 11.3 Å². The van der Waals surface area contributed by atoms with Crippen molar-refractivity contribution in [1.29, 1.82) is 0 Å². The first kappa shape index (κ1) is 19.3. The lowest BCUT2D eigenvalue weighted by molar-refractivity contribution is 0.102. The summed E-state index contributed by atoms with van der Waals surface area (Å²) in [6.45, 7) is 4.37. The molecule has 0 bridgehead atoms. The van der Waals surface area contributed by atoms with Crippen molar-refractivity contribution in [1.82, 2.24) is 14.5 Å². The van der Waals surface area contributed by atoms with E-state index in [1.54, 1.807) is 31.3 Å². The zero-order valence-corrected chi connectivity index (χ0v) is 16.6. The third kappa shape index (κ3) is 4.10. The summed E-state index contributed by atoms with van der Waals surface area (Å²) in [7, 11) is -3.54. The molecule has 27 heavy (non-hydrogen) atoms. The molecule has 0 spiro atoms. The number of carbonyl (C=O) groups is 1.